The lowest BCUT2D eigenvalue weighted by molar-refractivity contribution is -0.136. The van der Waals surface area contributed by atoms with Gasteiger partial charge in [-0.15, -0.1) is 0 Å². The van der Waals surface area contributed by atoms with Gasteiger partial charge >= 0.3 is 5.97 Å². The summed E-state index contributed by atoms with van der Waals surface area (Å²) in [6, 6.07) is 1.32. The van der Waals surface area contributed by atoms with E-state index in [-0.39, 0.29) is 21.4 Å². The molecular formula is C9H9F2IN2O2. The number of rotatable bonds is 4. The topological polar surface area (TPSA) is 76.2 Å². The maximum atomic E-state index is 12.7. The van der Waals surface area contributed by atoms with E-state index in [4.69, 9.17) is 10.8 Å². The van der Waals surface area contributed by atoms with E-state index in [0.717, 1.165) is 0 Å². The number of nitrogens with two attached hydrogens (primary N) is 1. The number of pyridine rings is 1. The number of nitrogens with zero attached hydrogens (tertiary/aromatic N) is 1. The zero-order valence-electron chi connectivity index (χ0n) is 8.08. The molecule has 16 heavy (non-hydrogen) atoms. The lowest BCUT2D eigenvalue weighted by Crippen LogP contribution is -2.10. The number of hydrogen-bond donors (Lipinski definition) is 2. The fourth-order valence-corrected chi connectivity index (χ4v) is 2.17. The Labute approximate surface area is 104 Å². The standard InChI is InChI=1S/C9H9F2IN2O2/c10-8(11)7-4(2-6(15)16)1-5(3-13)14-9(7)12/h1,8H,2-3,13H2,(H,15,16). The molecule has 0 saturated heterocycles. The van der Waals surface area contributed by atoms with Gasteiger partial charge in [0, 0.05) is 6.54 Å². The van der Waals surface area contributed by atoms with Crippen LogP contribution >= 0.6 is 22.6 Å². The molecule has 0 amide bonds. The minimum Gasteiger partial charge on any atom is -0.481 e. The van der Waals surface area contributed by atoms with Gasteiger partial charge in [-0.25, -0.2) is 13.8 Å². The van der Waals surface area contributed by atoms with E-state index in [1.165, 1.54) is 6.07 Å². The Morgan fingerprint density at radius 1 is 1.62 bits per heavy atom. The van der Waals surface area contributed by atoms with Crippen molar-refractivity contribution in [1.29, 1.82) is 0 Å². The van der Waals surface area contributed by atoms with Gasteiger partial charge in [0.1, 0.15) is 3.70 Å². The molecular weight excluding hydrogens is 333 g/mol. The predicted octanol–water partition coefficient (Wildman–Crippen LogP) is 1.71. The van der Waals surface area contributed by atoms with Crippen LogP contribution in [-0.2, 0) is 17.8 Å². The molecule has 1 rings (SSSR count). The van der Waals surface area contributed by atoms with Gasteiger partial charge < -0.3 is 10.8 Å². The van der Waals surface area contributed by atoms with E-state index in [2.05, 4.69) is 4.98 Å². The van der Waals surface area contributed by atoms with Gasteiger partial charge in [-0.1, -0.05) is 0 Å². The van der Waals surface area contributed by atoms with Crippen LogP contribution in [0.3, 0.4) is 0 Å². The van der Waals surface area contributed by atoms with Crippen LogP contribution in [-0.4, -0.2) is 16.1 Å². The van der Waals surface area contributed by atoms with Crippen LogP contribution in [0.5, 0.6) is 0 Å². The molecule has 0 bridgehead atoms. The summed E-state index contributed by atoms with van der Waals surface area (Å²) in [5, 5.41) is 8.63. The van der Waals surface area contributed by atoms with Crippen LogP contribution in [0.4, 0.5) is 8.78 Å². The number of alkyl halides is 2. The zero-order chi connectivity index (χ0) is 12.3. The number of carboxylic acid groups (broad SMARTS) is 1. The van der Waals surface area contributed by atoms with Crippen LogP contribution < -0.4 is 5.73 Å². The van der Waals surface area contributed by atoms with Crippen LogP contribution in [0.15, 0.2) is 6.07 Å². The van der Waals surface area contributed by atoms with E-state index in [1.807, 2.05) is 0 Å². The highest BCUT2D eigenvalue weighted by Crippen LogP contribution is 2.28. The van der Waals surface area contributed by atoms with E-state index in [0.29, 0.717) is 5.69 Å². The summed E-state index contributed by atoms with van der Waals surface area (Å²) in [7, 11) is 0. The summed E-state index contributed by atoms with van der Waals surface area (Å²) in [6.45, 7) is 0.0894. The molecule has 3 N–H and O–H groups in total. The van der Waals surface area contributed by atoms with Gasteiger partial charge in [0.2, 0.25) is 0 Å². The normalized spacial score (nSPS) is 10.8. The van der Waals surface area contributed by atoms with Crippen molar-refractivity contribution in [3.8, 4) is 0 Å². The largest absolute Gasteiger partial charge is 0.481 e. The molecule has 0 spiro atoms. The highest BCUT2D eigenvalue weighted by Gasteiger charge is 2.20. The zero-order valence-corrected chi connectivity index (χ0v) is 10.2. The Kier molecular flexibility index (Phi) is 4.54. The number of hydrogen-bond acceptors (Lipinski definition) is 3. The monoisotopic (exact) mass is 342 g/mol. The molecule has 1 aromatic heterocycles. The Balaban J connectivity index is 3.28. The molecule has 7 heteroatoms. The summed E-state index contributed by atoms with van der Waals surface area (Å²) in [6.07, 6.45) is -3.19. The summed E-state index contributed by atoms with van der Waals surface area (Å²) < 4.78 is 25.5. The molecule has 0 radical (unpaired) electrons. The second kappa shape index (κ2) is 5.48. The second-order valence-corrected chi connectivity index (χ2v) is 4.07. The molecule has 0 saturated carbocycles. The average Bonchev–Trinajstić information content (AvgIpc) is 2.14. The Hall–Kier alpha value is -0.830. The summed E-state index contributed by atoms with van der Waals surface area (Å²) in [5.41, 5.74) is 5.50. The van der Waals surface area contributed by atoms with Gasteiger partial charge in [0.05, 0.1) is 17.7 Å². The second-order valence-electron chi connectivity index (χ2n) is 3.05. The Bertz CT molecular complexity index is 413. The van der Waals surface area contributed by atoms with E-state index >= 15 is 0 Å². The maximum Gasteiger partial charge on any atom is 0.307 e. The number of carbonyl (C=O) groups is 1. The van der Waals surface area contributed by atoms with Crippen LogP contribution in [0.2, 0.25) is 0 Å². The van der Waals surface area contributed by atoms with Crippen molar-refractivity contribution >= 4 is 28.6 Å². The quantitative estimate of drug-likeness (QED) is 0.645. The molecule has 0 aliphatic rings. The first kappa shape index (κ1) is 13.2. The van der Waals surface area contributed by atoms with Crippen LogP contribution in [0, 0.1) is 3.70 Å². The summed E-state index contributed by atoms with van der Waals surface area (Å²) in [4.78, 5) is 14.4. The fourth-order valence-electron chi connectivity index (χ4n) is 1.27. The number of carboxylic acids is 1. The molecule has 1 aromatic rings. The van der Waals surface area contributed by atoms with Crippen molar-refractivity contribution in [1.82, 2.24) is 4.98 Å². The van der Waals surface area contributed by atoms with Gasteiger partial charge in [-0.2, -0.15) is 0 Å². The first-order valence-electron chi connectivity index (χ1n) is 4.34. The third kappa shape index (κ3) is 3.08. The minimum absolute atomic E-state index is 0.0716. The van der Waals surface area contributed by atoms with Crippen molar-refractivity contribution < 1.29 is 18.7 Å². The van der Waals surface area contributed by atoms with Gasteiger partial charge in [-0.05, 0) is 34.2 Å². The first-order valence-corrected chi connectivity index (χ1v) is 5.41. The third-order valence-corrected chi connectivity index (χ3v) is 2.74. The van der Waals surface area contributed by atoms with E-state index < -0.39 is 18.8 Å². The van der Waals surface area contributed by atoms with E-state index in [1.54, 1.807) is 22.6 Å². The molecule has 88 valence electrons. The summed E-state index contributed by atoms with van der Waals surface area (Å²) in [5.74, 6) is -1.16. The molecule has 0 aromatic carbocycles. The highest BCUT2D eigenvalue weighted by molar-refractivity contribution is 14.1. The van der Waals surface area contributed by atoms with Gasteiger partial charge in [-0.3, -0.25) is 4.79 Å². The molecule has 0 aliphatic heterocycles. The van der Waals surface area contributed by atoms with Gasteiger partial charge in [0.25, 0.3) is 6.43 Å². The highest BCUT2D eigenvalue weighted by atomic mass is 127. The SMILES string of the molecule is NCc1cc(CC(=O)O)c(C(F)F)c(I)n1. The van der Waals surface area contributed by atoms with Crippen molar-refractivity contribution in [2.24, 2.45) is 5.73 Å². The van der Waals surface area contributed by atoms with Gasteiger partial charge in [0.15, 0.2) is 0 Å². The van der Waals surface area contributed by atoms with Crippen LogP contribution in [0.1, 0.15) is 23.2 Å². The lowest BCUT2D eigenvalue weighted by Gasteiger charge is -2.10. The number of aliphatic carboxylic acids is 1. The third-order valence-electron chi connectivity index (χ3n) is 1.92. The molecule has 0 unspecified atom stereocenters. The average molecular weight is 342 g/mol. The molecule has 0 aliphatic carbocycles. The van der Waals surface area contributed by atoms with Crippen molar-refractivity contribution in [2.75, 3.05) is 0 Å². The molecule has 1 heterocycles. The smallest absolute Gasteiger partial charge is 0.307 e. The first-order chi connectivity index (χ1) is 7.45. The van der Waals surface area contributed by atoms with Crippen molar-refractivity contribution in [3.05, 3.63) is 26.6 Å². The minimum atomic E-state index is -2.74. The lowest BCUT2D eigenvalue weighted by atomic mass is 10.1. The van der Waals surface area contributed by atoms with Crippen molar-refractivity contribution in [2.45, 2.75) is 19.4 Å². The number of halogens is 3. The predicted molar refractivity (Wildman–Crippen MR) is 61.1 cm³/mol. The van der Waals surface area contributed by atoms with Crippen molar-refractivity contribution in [3.63, 3.8) is 0 Å². The Morgan fingerprint density at radius 3 is 2.69 bits per heavy atom. The van der Waals surface area contributed by atoms with Crippen LogP contribution in [0.25, 0.3) is 0 Å². The summed E-state index contributed by atoms with van der Waals surface area (Å²) >= 11 is 1.66. The maximum absolute atomic E-state index is 12.7. The van der Waals surface area contributed by atoms with E-state index in [9.17, 15) is 13.6 Å². The molecule has 0 atom stereocenters. The Morgan fingerprint density at radius 2 is 2.25 bits per heavy atom. The molecule has 0 fully saturated rings. The number of aromatic nitrogens is 1. The molecule has 4 nitrogen and oxygen atoms in total. The fraction of sp³-hybridized carbons (Fsp3) is 0.333.